The molecule has 0 spiro atoms. The Bertz CT molecular complexity index is 581. The molecule has 2 aromatic rings. The van der Waals surface area contributed by atoms with Crippen molar-refractivity contribution in [1.29, 1.82) is 0 Å². The maximum atomic E-state index is 5.90. The summed E-state index contributed by atoms with van der Waals surface area (Å²) in [5.74, 6) is 1.42. The lowest BCUT2D eigenvalue weighted by atomic mass is 10.1. The Morgan fingerprint density at radius 1 is 1.29 bits per heavy atom. The van der Waals surface area contributed by atoms with E-state index in [0.717, 1.165) is 11.3 Å². The zero-order chi connectivity index (χ0) is 15.2. The van der Waals surface area contributed by atoms with Crippen LogP contribution in [0.15, 0.2) is 22.8 Å². The number of hydrogen-bond acceptors (Lipinski definition) is 6. The zero-order valence-corrected chi connectivity index (χ0v) is 12.6. The van der Waals surface area contributed by atoms with Crippen LogP contribution in [0.3, 0.4) is 0 Å². The van der Waals surface area contributed by atoms with Crippen molar-refractivity contribution >= 4 is 0 Å². The summed E-state index contributed by atoms with van der Waals surface area (Å²) in [5.41, 5.74) is 8.31. The molecule has 1 atom stereocenters. The SMILES string of the molecule is CCOc1cccc(CC(C)N)c1OCc1nonc1C. The average molecular weight is 291 g/mol. The minimum Gasteiger partial charge on any atom is -0.490 e. The molecule has 0 aliphatic rings. The monoisotopic (exact) mass is 291 g/mol. The smallest absolute Gasteiger partial charge is 0.165 e. The minimum absolute atomic E-state index is 0.0414. The highest BCUT2D eigenvalue weighted by atomic mass is 16.6. The van der Waals surface area contributed by atoms with Gasteiger partial charge in [0.25, 0.3) is 0 Å². The van der Waals surface area contributed by atoms with Gasteiger partial charge in [0.1, 0.15) is 18.0 Å². The first-order valence-corrected chi connectivity index (χ1v) is 7.03. The van der Waals surface area contributed by atoms with Crippen molar-refractivity contribution in [3.63, 3.8) is 0 Å². The molecule has 0 bridgehead atoms. The molecule has 2 rings (SSSR count). The molecule has 0 amide bonds. The second kappa shape index (κ2) is 7.08. The summed E-state index contributed by atoms with van der Waals surface area (Å²) >= 11 is 0. The molecule has 1 unspecified atom stereocenters. The number of aryl methyl sites for hydroxylation is 1. The van der Waals surface area contributed by atoms with Crippen LogP contribution in [-0.4, -0.2) is 23.0 Å². The molecule has 2 N–H and O–H groups in total. The van der Waals surface area contributed by atoms with Gasteiger partial charge in [0, 0.05) is 6.04 Å². The maximum absolute atomic E-state index is 5.90. The second-order valence-corrected chi connectivity index (χ2v) is 4.94. The summed E-state index contributed by atoms with van der Waals surface area (Å²) in [7, 11) is 0. The Kier molecular flexibility index (Phi) is 5.16. The van der Waals surface area contributed by atoms with E-state index in [4.69, 9.17) is 15.2 Å². The Balaban J connectivity index is 2.23. The molecule has 114 valence electrons. The molecule has 0 fully saturated rings. The van der Waals surface area contributed by atoms with E-state index in [1.165, 1.54) is 0 Å². The molecule has 0 saturated heterocycles. The average Bonchev–Trinajstić information content (AvgIpc) is 2.83. The molecule has 6 heteroatoms. The minimum atomic E-state index is 0.0414. The van der Waals surface area contributed by atoms with E-state index in [1.54, 1.807) is 0 Å². The Hall–Kier alpha value is -2.08. The van der Waals surface area contributed by atoms with Crippen LogP contribution in [-0.2, 0) is 13.0 Å². The van der Waals surface area contributed by atoms with Gasteiger partial charge in [-0.05, 0) is 38.8 Å². The van der Waals surface area contributed by atoms with Gasteiger partial charge < -0.3 is 15.2 Å². The fourth-order valence-electron chi connectivity index (χ4n) is 2.02. The van der Waals surface area contributed by atoms with Gasteiger partial charge in [-0.1, -0.05) is 22.4 Å². The normalized spacial score (nSPS) is 12.2. The van der Waals surface area contributed by atoms with E-state index < -0.39 is 0 Å². The predicted molar refractivity (Wildman–Crippen MR) is 78.3 cm³/mol. The van der Waals surface area contributed by atoms with Crippen molar-refractivity contribution < 1.29 is 14.1 Å². The molecule has 21 heavy (non-hydrogen) atoms. The number of ether oxygens (including phenoxy) is 2. The zero-order valence-electron chi connectivity index (χ0n) is 12.6. The Morgan fingerprint density at radius 2 is 2.10 bits per heavy atom. The largest absolute Gasteiger partial charge is 0.490 e. The van der Waals surface area contributed by atoms with Crippen LogP contribution >= 0.6 is 0 Å². The maximum Gasteiger partial charge on any atom is 0.165 e. The van der Waals surface area contributed by atoms with Gasteiger partial charge in [-0.15, -0.1) is 0 Å². The molecule has 1 heterocycles. The lowest BCUT2D eigenvalue weighted by Gasteiger charge is -2.16. The van der Waals surface area contributed by atoms with Gasteiger partial charge in [-0.2, -0.15) is 0 Å². The van der Waals surface area contributed by atoms with Crippen LogP contribution < -0.4 is 15.2 Å². The Labute approximate surface area is 124 Å². The van der Waals surface area contributed by atoms with Crippen LogP contribution in [0.1, 0.15) is 30.8 Å². The molecular formula is C15H21N3O3. The van der Waals surface area contributed by atoms with Gasteiger partial charge in [-0.3, -0.25) is 0 Å². The van der Waals surface area contributed by atoms with Crippen molar-refractivity contribution in [2.24, 2.45) is 5.73 Å². The summed E-state index contributed by atoms with van der Waals surface area (Å²) in [5, 5.41) is 7.56. The highest BCUT2D eigenvalue weighted by molar-refractivity contribution is 5.47. The van der Waals surface area contributed by atoms with Crippen LogP contribution in [0, 0.1) is 6.92 Å². The third kappa shape index (κ3) is 3.95. The molecule has 0 saturated carbocycles. The van der Waals surface area contributed by atoms with E-state index in [0.29, 0.717) is 30.2 Å². The van der Waals surface area contributed by atoms with Crippen molar-refractivity contribution in [3.05, 3.63) is 35.2 Å². The van der Waals surface area contributed by atoms with Gasteiger partial charge in [0.2, 0.25) is 0 Å². The molecule has 0 aliphatic carbocycles. The van der Waals surface area contributed by atoms with Gasteiger partial charge >= 0.3 is 0 Å². The van der Waals surface area contributed by atoms with E-state index in [-0.39, 0.29) is 12.6 Å². The number of nitrogens with two attached hydrogens (primary N) is 1. The second-order valence-electron chi connectivity index (χ2n) is 4.94. The highest BCUT2D eigenvalue weighted by Crippen LogP contribution is 2.32. The summed E-state index contributed by atoms with van der Waals surface area (Å²) in [4.78, 5) is 0. The lowest BCUT2D eigenvalue weighted by molar-refractivity contribution is 0.250. The van der Waals surface area contributed by atoms with E-state index in [1.807, 2.05) is 39.0 Å². The Morgan fingerprint density at radius 3 is 2.71 bits per heavy atom. The van der Waals surface area contributed by atoms with Gasteiger partial charge in [-0.25, -0.2) is 4.63 Å². The molecule has 6 nitrogen and oxygen atoms in total. The van der Waals surface area contributed by atoms with Crippen LogP contribution in [0.5, 0.6) is 11.5 Å². The summed E-state index contributed by atoms with van der Waals surface area (Å²) in [6.45, 7) is 6.58. The molecule has 0 radical (unpaired) electrons. The van der Waals surface area contributed by atoms with Crippen molar-refractivity contribution in [1.82, 2.24) is 10.3 Å². The van der Waals surface area contributed by atoms with Gasteiger partial charge in [0.15, 0.2) is 11.5 Å². The summed E-state index contributed by atoms with van der Waals surface area (Å²) < 4.78 is 16.2. The number of rotatable bonds is 7. The third-order valence-electron chi connectivity index (χ3n) is 3.00. The van der Waals surface area contributed by atoms with E-state index in [2.05, 4.69) is 14.9 Å². The number of aromatic nitrogens is 2. The third-order valence-corrected chi connectivity index (χ3v) is 3.00. The first kappa shape index (κ1) is 15.3. The standard InChI is InChI=1S/C15H21N3O3/c1-4-19-14-7-5-6-12(8-10(2)16)15(14)20-9-13-11(3)17-21-18-13/h5-7,10H,4,8-9,16H2,1-3H3. The fraction of sp³-hybridized carbons (Fsp3) is 0.467. The van der Waals surface area contributed by atoms with E-state index >= 15 is 0 Å². The molecular weight excluding hydrogens is 270 g/mol. The number of nitrogens with zero attached hydrogens (tertiary/aromatic N) is 2. The van der Waals surface area contributed by atoms with Crippen molar-refractivity contribution in [2.75, 3.05) is 6.61 Å². The van der Waals surface area contributed by atoms with Crippen LogP contribution in [0.25, 0.3) is 0 Å². The quantitative estimate of drug-likeness (QED) is 0.842. The summed E-state index contributed by atoms with van der Waals surface area (Å²) in [6, 6.07) is 5.87. The van der Waals surface area contributed by atoms with Gasteiger partial charge in [0.05, 0.1) is 6.61 Å². The highest BCUT2D eigenvalue weighted by Gasteiger charge is 2.14. The first-order chi connectivity index (χ1) is 10.1. The van der Waals surface area contributed by atoms with E-state index in [9.17, 15) is 0 Å². The lowest BCUT2D eigenvalue weighted by Crippen LogP contribution is -2.18. The van der Waals surface area contributed by atoms with Crippen LogP contribution in [0.4, 0.5) is 0 Å². The number of benzene rings is 1. The molecule has 1 aromatic heterocycles. The topological polar surface area (TPSA) is 83.4 Å². The number of hydrogen-bond donors (Lipinski definition) is 1. The van der Waals surface area contributed by atoms with Crippen molar-refractivity contribution in [3.8, 4) is 11.5 Å². The van der Waals surface area contributed by atoms with Crippen molar-refractivity contribution in [2.45, 2.75) is 39.8 Å². The fourth-order valence-corrected chi connectivity index (χ4v) is 2.02. The van der Waals surface area contributed by atoms with Crippen LogP contribution in [0.2, 0.25) is 0 Å². The predicted octanol–water partition coefficient (Wildman–Crippen LogP) is 2.25. The summed E-state index contributed by atoms with van der Waals surface area (Å²) in [6.07, 6.45) is 0.715. The first-order valence-electron chi connectivity index (χ1n) is 7.03. The molecule has 0 aliphatic heterocycles. The number of para-hydroxylation sites is 1. The molecule has 1 aromatic carbocycles.